The van der Waals surface area contributed by atoms with E-state index in [2.05, 4.69) is 19.9 Å². The molecule has 2 aliphatic rings. The van der Waals surface area contributed by atoms with Crippen molar-refractivity contribution in [2.24, 2.45) is 5.41 Å². The molecule has 178 valence electrons. The van der Waals surface area contributed by atoms with Gasteiger partial charge >= 0.3 is 5.97 Å². The maximum Gasteiger partial charge on any atom is 0.309 e. The first-order chi connectivity index (χ1) is 16.0. The van der Waals surface area contributed by atoms with E-state index in [1.165, 1.54) is 12.1 Å². The Morgan fingerprint density at radius 1 is 1.03 bits per heavy atom. The van der Waals surface area contributed by atoms with Crippen LogP contribution in [-0.4, -0.2) is 23.3 Å². The Morgan fingerprint density at radius 2 is 1.65 bits per heavy atom. The molecule has 2 aromatic rings. The van der Waals surface area contributed by atoms with E-state index in [9.17, 15) is 18.7 Å². The van der Waals surface area contributed by atoms with Crippen LogP contribution in [0.5, 0.6) is 0 Å². The van der Waals surface area contributed by atoms with Crippen molar-refractivity contribution in [3.8, 4) is 0 Å². The number of carbonyl (C=O) groups excluding carboxylic acids is 1. The lowest BCUT2D eigenvalue weighted by molar-refractivity contribution is -0.156. The van der Waals surface area contributed by atoms with E-state index < -0.39 is 18.2 Å². The van der Waals surface area contributed by atoms with Crippen molar-refractivity contribution in [1.29, 1.82) is 0 Å². The van der Waals surface area contributed by atoms with E-state index in [4.69, 9.17) is 4.74 Å². The summed E-state index contributed by atoms with van der Waals surface area (Å²) in [5.41, 5.74) is 5.70. The number of benzene rings is 2. The van der Waals surface area contributed by atoms with E-state index in [-0.39, 0.29) is 23.5 Å². The minimum absolute atomic E-state index is 0.0157. The van der Waals surface area contributed by atoms with Crippen LogP contribution >= 0.6 is 0 Å². The predicted molar refractivity (Wildman–Crippen MR) is 130 cm³/mol. The quantitative estimate of drug-likeness (QED) is 0.528. The molecule has 0 bridgehead atoms. The van der Waals surface area contributed by atoms with Gasteiger partial charge in [0.15, 0.2) is 0 Å². The van der Waals surface area contributed by atoms with Crippen LogP contribution in [0.2, 0.25) is 0 Å². The highest BCUT2D eigenvalue weighted by Gasteiger charge is 2.32. The molecule has 1 fully saturated rings. The summed E-state index contributed by atoms with van der Waals surface area (Å²) in [5.74, 6) is -0.913. The number of halogens is 2. The van der Waals surface area contributed by atoms with Gasteiger partial charge in [0.2, 0.25) is 0 Å². The molecule has 0 saturated carbocycles. The Bertz CT molecular complexity index is 1220. The van der Waals surface area contributed by atoms with Crippen LogP contribution in [0.1, 0.15) is 55.4 Å². The summed E-state index contributed by atoms with van der Waals surface area (Å²) in [6.45, 7) is 7.75. The highest BCUT2D eigenvalue weighted by Crippen LogP contribution is 2.47. The highest BCUT2D eigenvalue weighted by atomic mass is 19.1. The molecule has 2 aromatic carbocycles. The van der Waals surface area contributed by atoms with Crippen LogP contribution < -0.4 is 0 Å². The van der Waals surface area contributed by atoms with Gasteiger partial charge in [-0.05, 0) is 95.0 Å². The molecule has 0 aromatic heterocycles. The van der Waals surface area contributed by atoms with Gasteiger partial charge in [-0.15, -0.1) is 0 Å². The number of hydrogen-bond acceptors (Lipinski definition) is 3. The van der Waals surface area contributed by atoms with Crippen molar-refractivity contribution < 1.29 is 23.4 Å². The molecule has 2 atom stereocenters. The highest BCUT2D eigenvalue weighted by molar-refractivity contribution is 5.90. The van der Waals surface area contributed by atoms with Gasteiger partial charge in [0.25, 0.3) is 0 Å². The van der Waals surface area contributed by atoms with Gasteiger partial charge in [0.1, 0.15) is 17.7 Å². The summed E-state index contributed by atoms with van der Waals surface area (Å²) < 4.78 is 33.4. The summed E-state index contributed by atoms with van der Waals surface area (Å²) >= 11 is 0. The average molecular weight is 465 g/mol. The summed E-state index contributed by atoms with van der Waals surface area (Å²) in [6.07, 6.45) is 5.76. The zero-order chi connectivity index (χ0) is 24.6. The van der Waals surface area contributed by atoms with Crippen molar-refractivity contribution in [3.63, 3.8) is 0 Å². The van der Waals surface area contributed by atoms with Crippen LogP contribution in [0.25, 0.3) is 11.1 Å². The lowest BCUT2D eigenvalue weighted by atomic mass is 9.70. The first-order valence-electron chi connectivity index (χ1n) is 11.6. The van der Waals surface area contributed by atoms with Gasteiger partial charge in [-0.25, -0.2) is 8.78 Å². The monoisotopic (exact) mass is 464 g/mol. The molecule has 1 heterocycles. The number of aliphatic hydroxyl groups excluding tert-OH is 1. The molecule has 5 heteroatoms. The number of esters is 1. The second-order valence-electron chi connectivity index (χ2n) is 9.97. The fraction of sp³-hybridized carbons (Fsp3) is 0.345. The second-order valence-corrected chi connectivity index (χ2v) is 9.97. The first kappa shape index (κ1) is 24.1. The summed E-state index contributed by atoms with van der Waals surface area (Å²) in [5, 5.41) is 9.96. The molecule has 3 nitrogen and oxygen atoms in total. The van der Waals surface area contributed by atoms with E-state index in [0.29, 0.717) is 24.0 Å². The largest absolute Gasteiger partial charge is 0.458 e. The zero-order valence-electron chi connectivity index (χ0n) is 20.0. The Hall–Kier alpha value is -3.05. The number of cyclic esters (lactones) is 1. The maximum absolute atomic E-state index is 14.1. The third-order valence-electron chi connectivity index (χ3n) is 6.63. The van der Waals surface area contributed by atoms with Gasteiger partial charge in [-0.3, -0.25) is 4.79 Å². The predicted octanol–water partition coefficient (Wildman–Crippen LogP) is 6.47. The van der Waals surface area contributed by atoms with E-state index >= 15 is 0 Å². The molecule has 1 aliphatic heterocycles. The molecule has 1 N–H and O–H groups in total. The summed E-state index contributed by atoms with van der Waals surface area (Å²) in [4.78, 5) is 11.8. The van der Waals surface area contributed by atoms with Crippen LogP contribution in [0.3, 0.4) is 0 Å². The van der Waals surface area contributed by atoms with Crippen molar-refractivity contribution in [2.45, 2.75) is 59.2 Å². The number of rotatable bonds is 4. The average Bonchev–Trinajstić information content (AvgIpc) is 2.75. The Morgan fingerprint density at radius 3 is 2.26 bits per heavy atom. The van der Waals surface area contributed by atoms with Crippen LogP contribution in [-0.2, 0) is 9.53 Å². The molecule has 1 aliphatic carbocycles. The number of ether oxygens (including phenoxy) is 1. The smallest absolute Gasteiger partial charge is 0.309 e. The molecule has 1 saturated heterocycles. The van der Waals surface area contributed by atoms with Gasteiger partial charge in [-0.2, -0.15) is 0 Å². The lowest BCUT2D eigenvalue weighted by Crippen LogP contribution is -2.31. The van der Waals surface area contributed by atoms with E-state index in [1.807, 2.05) is 24.3 Å². The van der Waals surface area contributed by atoms with Gasteiger partial charge in [0.05, 0.1) is 12.5 Å². The third-order valence-corrected chi connectivity index (χ3v) is 6.63. The fourth-order valence-electron chi connectivity index (χ4n) is 4.77. The minimum Gasteiger partial charge on any atom is -0.458 e. The van der Waals surface area contributed by atoms with Crippen molar-refractivity contribution in [3.05, 3.63) is 94.1 Å². The fourth-order valence-corrected chi connectivity index (χ4v) is 4.77. The van der Waals surface area contributed by atoms with Gasteiger partial charge in [-0.1, -0.05) is 38.1 Å². The van der Waals surface area contributed by atoms with Crippen molar-refractivity contribution >= 4 is 17.1 Å². The number of aliphatic hydroxyl groups is 1. The molecule has 0 spiro atoms. The lowest BCUT2D eigenvalue weighted by Gasteiger charge is -2.35. The van der Waals surface area contributed by atoms with Crippen molar-refractivity contribution in [2.75, 3.05) is 0 Å². The second kappa shape index (κ2) is 9.30. The molecular formula is C29H30F2O3. The SMILES string of the molecule is Cc1cc(C2=CC(c3ccc(F)c(C)c3)=C(C=C[C@@H]3C[C@@H](O)CC(=O)O3)C(C)(C)C2)ccc1F. The minimum atomic E-state index is -0.711. The van der Waals surface area contributed by atoms with Crippen molar-refractivity contribution in [1.82, 2.24) is 0 Å². The molecule has 34 heavy (non-hydrogen) atoms. The Labute approximate surface area is 199 Å². The van der Waals surface area contributed by atoms with Crippen LogP contribution in [0.4, 0.5) is 8.78 Å². The zero-order valence-corrected chi connectivity index (χ0v) is 20.0. The normalized spacial score (nSPS) is 22.7. The third kappa shape index (κ3) is 5.05. The number of allylic oxidation sites excluding steroid dienone is 5. The van der Waals surface area contributed by atoms with Gasteiger partial charge in [0, 0.05) is 6.42 Å². The van der Waals surface area contributed by atoms with Crippen LogP contribution in [0, 0.1) is 30.9 Å². The van der Waals surface area contributed by atoms with E-state index in [1.54, 1.807) is 26.0 Å². The van der Waals surface area contributed by atoms with Gasteiger partial charge < -0.3 is 9.84 Å². The van der Waals surface area contributed by atoms with E-state index in [0.717, 1.165) is 27.8 Å². The summed E-state index contributed by atoms with van der Waals surface area (Å²) in [6, 6.07) is 10.2. The number of hydrogen-bond donors (Lipinski definition) is 1. The number of aryl methyl sites for hydroxylation is 2. The molecule has 0 amide bonds. The standard InChI is InChI=1S/C29H30F2O3/c1-17-11-19(5-9-26(17)30)21-13-24(20-6-10-27(31)18(2)12-20)25(29(3,4)16-21)8-7-23-14-22(32)15-28(33)34-23/h5-13,22-23,32H,14-16H2,1-4H3/t22-,23-/m1/s1. The summed E-state index contributed by atoms with van der Waals surface area (Å²) in [7, 11) is 0. The van der Waals surface area contributed by atoms with Crippen LogP contribution in [0.15, 0.2) is 60.2 Å². The Balaban J connectivity index is 1.84. The molecule has 0 unspecified atom stereocenters. The Kier molecular flexibility index (Phi) is 6.59. The number of carbonyl (C=O) groups is 1. The maximum atomic E-state index is 14.1. The molecular weight excluding hydrogens is 434 g/mol. The molecule has 4 rings (SSSR count). The topological polar surface area (TPSA) is 46.5 Å². The first-order valence-corrected chi connectivity index (χ1v) is 11.6. The molecule has 0 radical (unpaired) electrons.